The van der Waals surface area contributed by atoms with Crippen molar-refractivity contribution >= 4 is 26.7 Å². The summed E-state index contributed by atoms with van der Waals surface area (Å²) in [5.41, 5.74) is 1.07. The summed E-state index contributed by atoms with van der Waals surface area (Å²) in [7, 11) is -3.57. The quantitative estimate of drug-likeness (QED) is 0.657. The second-order valence-corrected chi connectivity index (χ2v) is 9.07. The van der Waals surface area contributed by atoms with Gasteiger partial charge >= 0.3 is 0 Å². The Balaban J connectivity index is 1.32. The average Bonchev–Trinajstić information content (AvgIpc) is 2.78. The number of H-pyrrole nitrogens is 1. The van der Waals surface area contributed by atoms with Crippen molar-refractivity contribution in [2.24, 2.45) is 0 Å². The molecule has 5 rings (SSSR count). The first-order valence-electron chi connectivity index (χ1n) is 9.67. The predicted molar refractivity (Wildman–Crippen MR) is 109 cm³/mol. The highest BCUT2D eigenvalue weighted by atomic mass is 32.2. The van der Waals surface area contributed by atoms with Gasteiger partial charge in [0.05, 0.1) is 31.1 Å². The molecule has 29 heavy (non-hydrogen) atoms. The first kappa shape index (κ1) is 18.2. The van der Waals surface area contributed by atoms with E-state index in [-0.39, 0.29) is 4.90 Å². The lowest BCUT2D eigenvalue weighted by molar-refractivity contribution is -0.330. The molecule has 0 amide bonds. The van der Waals surface area contributed by atoms with Crippen LogP contribution in [0.2, 0.25) is 0 Å². The van der Waals surface area contributed by atoms with Gasteiger partial charge in [0.15, 0.2) is 11.5 Å². The lowest BCUT2D eigenvalue weighted by atomic mass is 10.2. The van der Waals surface area contributed by atoms with Crippen LogP contribution in [0.5, 0.6) is 11.5 Å². The van der Waals surface area contributed by atoms with E-state index in [0.717, 1.165) is 16.7 Å². The number of anilines is 1. The average molecular weight is 412 g/mol. The molecule has 7 nitrogen and oxygen atoms in total. The zero-order chi connectivity index (χ0) is 19.8. The normalized spacial score (nSPS) is 17.4. The minimum Gasteiger partial charge on any atom is -0.486 e. The van der Waals surface area contributed by atoms with E-state index in [4.69, 9.17) is 9.47 Å². The maximum Gasteiger partial charge on any atom is 0.274 e. The van der Waals surface area contributed by atoms with E-state index in [1.54, 1.807) is 18.2 Å². The second kappa shape index (κ2) is 7.20. The van der Waals surface area contributed by atoms with Gasteiger partial charge in [0.2, 0.25) is 10.0 Å². The molecule has 1 saturated heterocycles. The maximum absolute atomic E-state index is 13.1. The summed E-state index contributed by atoms with van der Waals surface area (Å²) in [5.74, 6) is 2.08. The molecule has 8 heteroatoms. The smallest absolute Gasteiger partial charge is 0.274 e. The van der Waals surface area contributed by atoms with E-state index >= 15 is 0 Å². The highest BCUT2D eigenvalue weighted by Gasteiger charge is 2.32. The van der Waals surface area contributed by atoms with Crippen molar-refractivity contribution in [1.29, 1.82) is 0 Å². The van der Waals surface area contributed by atoms with Crippen molar-refractivity contribution in [3.63, 3.8) is 0 Å². The number of piperazine rings is 1. The van der Waals surface area contributed by atoms with Gasteiger partial charge in [-0.2, -0.15) is 4.31 Å². The molecule has 3 heterocycles. The van der Waals surface area contributed by atoms with E-state index in [1.165, 1.54) is 4.31 Å². The lowest BCUT2D eigenvalue weighted by Gasteiger charge is -2.30. The van der Waals surface area contributed by atoms with Gasteiger partial charge in [-0.3, -0.25) is 4.90 Å². The number of hydrogen-bond acceptors (Lipinski definition) is 5. The van der Waals surface area contributed by atoms with Crippen LogP contribution in [0, 0.1) is 0 Å². The number of nitrogens with zero attached hydrogens (tertiary/aromatic N) is 2. The predicted octanol–water partition coefficient (Wildman–Crippen LogP) is 1.94. The number of para-hydroxylation sites is 1. The number of fused-ring (bicyclic) bond motifs is 2. The third-order valence-electron chi connectivity index (χ3n) is 5.38. The molecule has 1 fully saturated rings. The highest BCUT2D eigenvalue weighted by molar-refractivity contribution is 7.89. The van der Waals surface area contributed by atoms with Gasteiger partial charge in [-0.15, -0.1) is 0 Å². The summed E-state index contributed by atoms with van der Waals surface area (Å²) in [6.07, 6.45) is 0. The number of aromatic amines is 1. The molecule has 0 spiro atoms. The first-order valence-corrected chi connectivity index (χ1v) is 11.1. The monoisotopic (exact) mass is 412 g/mol. The Labute approximate surface area is 169 Å². The number of hydrogen-bond donors (Lipinski definition) is 0. The maximum atomic E-state index is 13.1. The molecular formula is C21H22N3O4S+. The van der Waals surface area contributed by atoms with Crippen LogP contribution in [0.3, 0.4) is 0 Å². The summed E-state index contributed by atoms with van der Waals surface area (Å²) >= 11 is 0. The van der Waals surface area contributed by atoms with Crippen LogP contribution in [0.15, 0.2) is 59.5 Å². The standard InChI is InChI=1S/C21H21N3O4S/c25-29(26,17-6-7-19-20(15-17)28-14-13-27-19)24-11-9-23(10-12-24)21-8-5-16-3-1-2-4-18(16)22-21/h1-8,15H,9-14H2/p+1. The van der Waals surface area contributed by atoms with E-state index in [2.05, 4.69) is 22.0 Å². The van der Waals surface area contributed by atoms with Gasteiger partial charge in [0.1, 0.15) is 18.7 Å². The molecule has 1 aromatic heterocycles. The van der Waals surface area contributed by atoms with Crippen molar-refractivity contribution in [1.82, 2.24) is 4.31 Å². The fourth-order valence-corrected chi connectivity index (χ4v) is 5.23. The number of ether oxygens (including phenoxy) is 2. The van der Waals surface area contributed by atoms with Crippen molar-refractivity contribution in [2.45, 2.75) is 4.90 Å². The van der Waals surface area contributed by atoms with Gasteiger partial charge in [-0.25, -0.2) is 13.4 Å². The van der Waals surface area contributed by atoms with E-state index in [1.807, 2.05) is 24.3 Å². The zero-order valence-electron chi connectivity index (χ0n) is 15.9. The van der Waals surface area contributed by atoms with Gasteiger partial charge in [-0.1, -0.05) is 18.2 Å². The van der Waals surface area contributed by atoms with Gasteiger partial charge in [0, 0.05) is 17.5 Å². The van der Waals surface area contributed by atoms with Crippen molar-refractivity contribution in [3.8, 4) is 11.5 Å². The molecule has 2 aromatic carbocycles. The molecular weight excluding hydrogens is 390 g/mol. The van der Waals surface area contributed by atoms with Gasteiger partial charge in [0.25, 0.3) is 5.82 Å². The molecule has 0 radical (unpaired) electrons. The van der Waals surface area contributed by atoms with Crippen molar-refractivity contribution in [2.75, 3.05) is 44.3 Å². The first-order chi connectivity index (χ1) is 14.1. The second-order valence-electron chi connectivity index (χ2n) is 7.13. The van der Waals surface area contributed by atoms with Crippen molar-refractivity contribution < 1.29 is 22.9 Å². The third kappa shape index (κ3) is 3.38. The zero-order valence-corrected chi connectivity index (χ0v) is 16.7. The molecule has 2 aliphatic heterocycles. The van der Waals surface area contributed by atoms with Crippen LogP contribution in [-0.2, 0) is 10.0 Å². The third-order valence-corrected chi connectivity index (χ3v) is 7.27. The Morgan fingerprint density at radius 2 is 1.59 bits per heavy atom. The summed E-state index contributed by atoms with van der Waals surface area (Å²) < 4.78 is 38.7. The molecule has 2 aliphatic rings. The van der Waals surface area contributed by atoms with Gasteiger partial charge in [-0.05, 0) is 24.3 Å². The number of nitrogens with one attached hydrogen (secondary N) is 1. The van der Waals surface area contributed by atoms with E-state index in [9.17, 15) is 8.42 Å². The summed E-state index contributed by atoms with van der Waals surface area (Å²) in [5, 5.41) is 1.15. The molecule has 150 valence electrons. The number of sulfonamides is 1. The Bertz CT molecular complexity index is 1160. The number of rotatable bonds is 3. The Morgan fingerprint density at radius 3 is 2.41 bits per heavy atom. The summed E-state index contributed by atoms with van der Waals surface area (Å²) in [6.45, 7) is 3.01. The van der Waals surface area contributed by atoms with E-state index in [0.29, 0.717) is 50.9 Å². The molecule has 0 saturated carbocycles. The molecule has 0 atom stereocenters. The minimum absolute atomic E-state index is 0.243. The van der Waals surface area contributed by atoms with Gasteiger partial charge < -0.3 is 9.47 Å². The van der Waals surface area contributed by atoms with Crippen LogP contribution >= 0.6 is 0 Å². The number of benzene rings is 2. The molecule has 3 aromatic rings. The van der Waals surface area contributed by atoms with E-state index < -0.39 is 10.0 Å². The van der Waals surface area contributed by atoms with Crippen LogP contribution < -0.4 is 19.4 Å². The SMILES string of the molecule is O=S(=O)(c1ccc2c(c1)OCCO2)N1CCN(c2ccc3ccccc3[nH+]2)CC1. The largest absolute Gasteiger partial charge is 0.486 e. The van der Waals surface area contributed by atoms with Crippen LogP contribution in [0.4, 0.5) is 5.82 Å². The number of pyridine rings is 1. The molecule has 1 N–H and O–H groups in total. The van der Waals surface area contributed by atoms with Crippen molar-refractivity contribution in [3.05, 3.63) is 54.6 Å². The molecule has 0 unspecified atom stereocenters. The molecule has 0 bridgehead atoms. The Morgan fingerprint density at radius 1 is 0.828 bits per heavy atom. The fraction of sp³-hybridized carbons (Fsp3) is 0.286. The fourth-order valence-electron chi connectivity index (χ4n) is 3.79. The highest BCUT2D eigenvalue weighted by Crippen LogP contribution is 2.33. The van der Waals surface area contributed by atoms with Crippen LogP contribution in [0.25, 0.3) is 10.9 Å². The summed E-state index contributed by atoms with van der Waals surface area (Å²) in [6, 6.07) is 17.1. The Kier molecular flexibility index (Phi) is 4.52. The number of aromatic nitrogens is 1. The summed E-state index contributed by atoms with van der Waals surface area (Å²) in [4.78, 5) is 5.87. The van der Waals surface area contributed by atoms with Crippen LogP contribution in [-0.4, -0.2) is 52.1 Å². The van der Waals surface area contributed by atoms with Crippen LogP contribution in [0.1, 0.15) is 0 Å². The lowest BCUT2D eigenvalue weighted by Crippen LogP contribution is -2.49. The minimum atomic E-state index is -3.57. The topological polar surface area (TPSA) is 73.2 Å². The Hall–Kier alpha value is -2.84. The molecule has 0 aliphatic carbocycles.